The van der Waals surface area contributed by atoms with Gasteiger partial charge in [0, 0.05) is 0 Å². The smallest absolute Gasteiger partial charge is 0.115 e. The van der Waals surface area contributed by atoms with E-state index in [1.807, 2.05) is 12.1 Å². The van der Waals surface area contributed by atoms with Gasteiger partial charge in [0.05, 0.1) is 0 Å². The molecule has 0 fully saturated rings. The van der Waals surface area contributed by atoms with Gasteiger partial charge in [0.15, 0.2) is 0 Å². The van der Waals surface area contributed by atoms with Crippen molar-refractivity contribution in [2.24, 2.45) is 0 Å². The maximum atomic E-state index is 9.13. The van der Waals surface area contributed by atoms with Gasteiger partial charge in [-0.05, 0) is 42.0 Å². The van der Waals surface area contributed by atoms with Crippen molar-refractivity contribution in [1.82, 2.24) is 0 Å². The number of rotatable bonds is 1. The number of aromatic hydroxyl groups is 1. The van der Waals surface area contributed by atoms with Crippen molar-refractivity contribution in [1.29, 1.82) is 0 Å². The second-order valence-electron chi connectivity index (χ2n) is 3.19. The Morgan fingerprint density at radius 3 is 3.00 bits per heavy atom. The topological polar surface area (TPSA) is 20.2 Å². The molecule has 1 nitrogen and oxygen atoms in total. The maximum absolute atomic E-state index is 9.13. The highest BCUT2D eigenvalue weighted by molar-refractivity contribution is 5.44. The Balaban J connectivity index is 2.35. The summed E-state index contributed by atoms with van der Waals surface area (Å²) in [7, 11) is 0. The molecule has 0 aromatic heterocycles. The summed E-state index contributed by atoms with van der Waals surface area (Å²) in [5.41, 5.74) is 2.77. The van der Waals surface area contributed by atoms with E-state index in [1.54, 1.807) is 6.07 Å². The Morgan fingerprint density at radius 1 is 1.55 bits per heavy atom. The number of hydrogen-bond acceptors (Lipinski definition) is 1. The van der Waals surface area contributed by atoms with E-state index in [-0.39, 0.29) is 0 Å². The van der Waals surface area contributed by atoms with Crippen LogP contribution in [0, 0.1) is 0 Å². The first-order chi connectivity index (χ1) is 5.31. The Kier molecular flexibility index (Phi) is 1.38. The molecular formula is C10H12O. The van der Waals surface area contributed by atoms with Gasteiger partial charge >= 0.3 is 0 Å². The van der Waals surface area contributed by atoms with Crippen LogP contribution in [-0.2, 0) is 6.42 Å². The molecule has 0 saturated heterocycles. The number of fused-ring (bicyclic) bond motifs is 1. The molecule has 1 aliphatic rings. The van der Waals surface area contributed by atoms with Gasteiger partial charge in [-0.3, -0.25) is 0 Å². The van der Waals surface area contributed by atoms with Gasteiger partial charge < -0.3 is 5.11 Å². The van der Waals surface area contributed by atoms with E-state index in [9.17, 15) is 0 Å². The highest BCUT2D eigenvalue weighted by atomic mass is 16.3. The van der Waals surface area contributed by atoms with Crippen molar-refractivity contribution in [3.05, 3.63) is 29.3 Å². The number of phenolic OH excluding ortho intramolecular Hbond substituents is 1. The fraction of sp³-hybridized carbons (Fsp3) is 0.400. The third-order valence-electron chi connectivity index (χ3n) is 2.53. The molecule has 1 heteroatoms. The normalized spacial score (nSPS) is 20.6. The van der Waals surface area contributed by atoms with Gasteiger partial charge in [0.2, 0.25) is 0 Å². The molecule has 1 aliphatic carbocycles. The molecule has 0 saturated carbocycles. The van der Waals surface area contributed by atoms with Crippen molar-refractivity contribution in [2.75, 3.05) is 0 Å². The summed E-state index contributed by atoms with van der Waals surface area (Å²) in [5, 5.41) is 9.13. The fourth-order valence-electron chi connectivity index (χ4n) is 1.78. The molecule has 1 aromatic carbocycles. The van der Waals surface area contributed by atoms with Crippen molar-refractivity contribution in [3.63, 3.8) is 0 Å². The lowest BCUT2D eigenvalue weighted by Crippen LogP contribution is -2.15. The third kappa shape index (κ3) is 0.917. The number of phenols is 1. The lowest BCUT2D eigenvalue weighted by molar-refractivity contribution is 0.470. The molecule has 1 unspecified atom stereocenters. The van der Waals surface area contributed by atoms with Crippen molar-refractivity contribution in [3.8, 4) is 5.75 Å². The van der Waals surface area contributed by atoms with E-state index in [1.165, 1.54) is 17.5 Å². The Hall–Kier alpha value is -0.980. The van der Waals surface area contributed by atoms with Crippen LogP contribution in [0.5, 0.6) is 5.75 Å². The first kappa shape index (κ1) is 6.71. The lowest BCUT2D eigenvalue weighted by Gasteiger charge is -2.29. The average Bonchev–Trinajstić information content (AvgIpc) is 1.95. The summed E-state index contributed by atoms with van der Waals surface area (Å²) in [5.74, 6) is 1.16. The zero-order chi connectivity index (χ0) is 7.84. The summed E-state index contributed by atoms with van der Waals surface area (Å²) in [6.45, 7) is 2.21. The second kappa shape index (κ2) is 2.26. The van der Waals surface area contributed by atoms with Crippen LogP contribution in [0.25, 0.3) is 0 Å². The summed E-state index contributed by atoms with van der Waals surface area (Å²) < 4.78 is 0. The number of hydrogen-bond donors (Lipinski definition) is 1. The molecule has 0 amide bonds. The molecule has 0 radical (unpaired) electrons. The Bertz CT molecular complexity index is 278. The van der Waals surface area contributed by atoms with Crippen LogP contribution < -0.4 is 0 Å². The fourth-order valence-corrected chi connectivity index (χ4v) is 1.78. The predicted octanol–water partition coefficient (Wildman–Crippen LogP) is 2.44. The molecule has 11 heavy (non-hydrogen) atoms. The van der Waals surface area contributed by atoms with Crippen LogP contribution in [0.4, 0.5) is 0 Å². The van der Waals surface area contributed by atoms with Gasteiger partial charge in [0.25, 0.3) is 0 Å². The number of benzene rings is 1. The van der Waals surface area contributed by atoms with Crippen molar-refractivity contribution < 1.29 is 5.11 Å². The molecule has 0 heterocycles. The van der Waals surface area contributed by atoms with E-state index in [2.05, 4.69) is 6.92 Å². The van der Waals surface area contributed by atoms with Crippen LogP contribution in [0.3, 0.4) is 0 Å². The molecule has 1 aromatic rings. The molecule has 0 spiro atoms. The van der Waals surface area contributed by atoms with E-state index in [0.717, 1.165) is 12.3 Å². The summed E-state index contributed by atoms with van der Waals surface area (Å²) in [6.07, 6.45) is 2.37. The van der Waals surface area contributed by atoms with Gasteiger partial charge in [-0.2, -0.15) is 0 Å². The SMILES string of the molecule is CCC1Cc2cc(O)ccc21. The molecule has 0 aliphatic heterocycles. The molecule has 2 rings (SSSR count). The highest BCUT2D eigenvalue weighted by Gasteiger charge is 2.23. The van der Waals surface area contributed by atoms with E-state index >= 15 is 0 Å². The van der Waals surface area contributed by atoms with E-state index in [0.29, 0.717) is 5.75 Å². The van der Waals surface area contributed by atoms with Gasteiger partial charge in [-0.15, -0.1) is 0 Å². The van der Waals surface area contributed by atoms with Crippen molar-refractivity contribution >= 4 is 0 Å². The van der Waals surface area contributed by atoms with Crippen LogP contribution >= 0.6 is 0 Å². The largest absolute Gasteiger partial charge is 0.508 e. The van der Waals surface area contributed by atoms with Crippen LogP contribution in [0.2, 0.25) is 0 Å². The molecule has 58 valence electrons. The minimum atomic E-state index is 0.401. The van der Waals surface area contributed by atoms with Gasteiger partial charge in [-0.25, -0.2) is 0 Å². The van der Waals surface area contributed by atoms with Crippen LogP contribution in [-0.4, -0.2) is 5.11 Å². The molecule has 0 bridgehead atoms. The first-order valence-corrected chi connectivity index (χ1v) is 4.13. The minimum Gasteiger partial charge on any atom is -0.508 e. The molecular weight excluding hydrogens is 136 g/mol. The van der Waals surface area contributed by atoms with Gasteiger partial charge in [-0.1, -0.05) is 13.0 Å². The molecule has 1 atom stereocenters. The minimum absolute atomic E-state index is 0.401. The Morgan fingerprint density at radius 2 is 2.36 bits per heavy atom. The standard InChI is InChI=1S/C10H12O/c1-2-7-5-8-6-9(11)3-4-10(7)8/h3-4,6-7,11H,2,5H2,1H3. The lowest BCUT2D eigenvalue weighted by atomic mass is 9.76. The van der Waals surface area contributed by atoms with Crippen LogP contribution in [0.15, 0.2) is 18.2 Å². The molecule has 1 N–H and O–H groups in total. The zero-order valence-corrected chi connectivity index (χ0v) is 6.67. The zero-order valence-electron chi connectivity index (χ0n) is 6.67. The third-order valence-corrected chi connectivity index (χ3v) is 2.53. The summed E-state index contributed by atoms with van der Waals surface area (Å²) in [6, 6.07) is 5.70. The predicted molar refractivity (Wildman–Crippen MR) is 44.8 cm³/mol. The van der Waals surface area contributed by atoms with E-state index < -0.39 is 0 Å². The summed E-state index contributed by atoms with van der Waals surface area (Å²) >= 11 is 0. The van der Waals surface area contributed by atoms with Gasteiger partial charge in [0.1, 0.15) is 5.75 Å². The highest BCUT2D eigenvalue weighted by Crippen LogP contribution is 2.38. The monoisotopic (exact) mass is 148 g/mol. The Labute approximate surface area is 66.7 Å². The quantitative estimate of drug-likeness (QED) is 0.648. The van der Waals surface area contributed by atoms with E-state index in [4.69, 9.17) is 5.11 Å². The van der Waals surface area contributed by atoms with Crippen molar-refractivity contribution in [2.45, 2.75) is 25.7 Å². The average molecular weight is 148 g/mol. The second-order valence-corrected chi connectivity index (χ2v) is 3.19. The first-order valence-electron chi connectivity index (χ1n) is 4.13. The summed E-state index contributed by atoms with van der Waals surface area (Å²) in [4.78, 5) is 0. The van der Waals surface area contributed by atoms with Crippen LogP contribution in [0.1, 0.15) is 30.4 Å². The maximum Gasteiger partial charge on any atom is 0.115 e.